The monoisotopic (exact) mass is 132 g/mol. The standard InChI is InChI=1S/C6H9FO2/c1-3-5(7)9-6(8)4-2/h4-5H,2-3H2,1H3. The summed E-state index contributed by atoms with van der Waals surface area (Å²) in [6, 6.07) is 0. The molecule has 0 fully saturated rings. The molecule has 0 aliphatic heterocycles. The SMILES string of the molecule is C=CC(=O)OC(F)CC. The van der Waals surface area contributed by atoms with Gasteiger partial charge < -0.3 is 4.74 Å². The molecule has 9 heavy (non-hydrogen) atoms. The van der Waals surface area contributed by atoms with E-state index >= 15 is 0 Å². The van der Waals surface area contributed by atoms with Crippen LogP contribution in [-0.2, 0) is 9.53 Å². The normalized spacial score (nSPS) is 12.2. The van der Waals surface area contributed by atoms with Crippen molar-refractivity contribution in [2.75, 3.05) is 0 Å². The Hall–Kier alpha value is -0.860. The molecule has 0 aliphatic rings. The van der Waals surface area contributed by atoms with Crippen molar-refractivity contribution in [2.24, 2.45) is 0 Å². The van der Waals surface area contributed by atoms with Crippen molar-refractivity contribution in [2.45, 2.75) is 19.7 Å². The number of carbonyl (C=O) groups excluding carboxylic acids is 1. The fourth-order valence-electron chi connectivity index (χ4n) is 0.257. The zero-order chi connectivity index (χ0) is 7.28. The number of esters is 1. The van der Waals surface area contributed by atoms with Crippen LogP contribution in [0.25, 0.3) is 0 Å². The highest BCUT2D eigenvalue weighted by atomic mass is 19.1. The maximum absolute atomic E-state index is 12.1. The molecule has 0 spiro atoms. The van der Waals surface area contributed by atoms with Crippen molar-refractivity contribution < 1.29 is 13.9 Å². The average molecular weight is 132 g/mol. The van der Waals surface area contributed by atoms with Gasteiger partial charge in [0.15, 0.2) is 0 Å². The van der Waals surface area contributed by atoms with Gasteiger partial charge in [0.25, 0.3) is 0 Å². The van der Waals surface area contributed by atoms with Crippen LogP contribution in [0.15, 0.2) is 12.7 Å². The van der Waals surface area contributed by atoms with Crippen LogP contribution >= 0.6 is 0 Å². The van der Waals surface area contributed by atoms with Gasteiger partial charge in [-0.05, 0) is 0 Å². The van der Waals surface area contributed by atoms with Crippen LogP contribution in [-0.4, -0.2) is 12.3 Å². The van der Waals surface area contributed by atoms with Gasteiger partial charge in [0, 0.05) is 12.5 Å². The Balaban J connectivity index is 3.46. The van der Waals surface area contributed by atoms with Gasteiger partial charge in [-0.3, -0.25) is 0 Å². The van der Waals surface area contributed by atoms with Crippen LogP contribution in [0.2, 0.25) is 0 Å². The molecule has 0 aromatic rings. The van der Waals surface area contributed by atoms with Gasteiger partial charge in [0.05, 0.1) is 0 Å². The van der Waals surface area contributed by atoms with Crippen LogP contribution in [0.5, 0.6) is 0 Å². The highest BCUT2D eigenvalue weighted by Crippen LogP contribution is 1.98. The lowest BCUT2D eigenvalue weighted by molar-refractivity contribution is -0.151. The predicted molar refractivity (Wildman–Crippen MR) is 31.5 cm³/mol. The first kappa shape index (κ1) is 8.14. The molecule has 0 heterocycles. The molecule has 2 nitrogen and oxygen atoms in total. The van der Waals surface area contributed by atoms with Crippen LogP contribution < -0.4 is 0 Å². The third-order valence-corrected chi connectivity index (χ3v) is 0.732. The Kier molecular flexibility index (Phi) is 3.67. The van der Waals surface area contributed by atoms with Gasteiger partial charge >= 0.3 is 5.97 Å². The van der Waals surface area contributed by atoms with Crippen molar-refractivity contribution >= 4 is 5.97 Å². The summed E-state index contributed by atoms with van der Waals surface area (Å²) in [6.07, 6.45) is -0.377. The molecule has 0 saturated carbocycles. The van der Waals surface area contributed by atoms with Crippen molar-refractivity contribution in [3.63, 3.8) is 0 Å². The molecule has 1 atom stereocenters. The minimum absolute atomic E-state index is 0.180. The van der Waals surface area contributed by atoms with E-state index in [1.165, 1.54) is 0 Å². The van der Waals surface area contributed by atoms with E-state index in [0.29, 0.717) is 0 Å². The van der Waals surface area contributed by atoms with Crippen molar-refractivity contribution in [3.8, 4) is 0 Å². The van der Waals surface area contributed by atoms with Crippen LogP contribution in [0.1, 0.15) is 13.3 Å². The summed E-state index contributed by atoms with van der Waals surface area (Å²) in [6.45, 7) is 4.69. The van der Waals surface area contributed by atoms with E-state index in [-0.39, 0.29) is 6.42 Å². The maximum atomic E-state index is 12.1. The second kappa shape index (κ2) is 4.06. The Morgan fingerprint density at radius 3 is 2.89 bits per heavy atom. The van der Waals surface area contributed by atoms with E-state index < -0.39 is 12.3 Å². The Morgan fingerprint density at radius 2 is 2.56 bits per heavy atom. The summed E-state index contributed by atoms with van der Waals surface area (Å²) in [7, 11) is 0. The number of rotatable bonds is 3. The van der Waals surface area contributed by atoms with Gasteiger partial charge in [-0.15, -0.1) is 0 Å². The molecular formula is C6H9FO2. The van der Waals surface area contributed by atoms with Gasteiger partial charge in [0.2, 0.25) is 6.36 Å². The number of hydrogen-bond donors (Lipinski definition) is 0. The number of ether oxygens (including phenoxy) is 1. The van der Waals surface area contributed by atoms with Crippen LogP contribution in [0.4, 0.5) is 4.39 Å². The lowest BCUT2D eigenvalue weighted by Gasteiger charge is -2.02. The third kappa shape index (κ3) is 3.70. The molecule has 0 amide bonds. The highest BCUT2D eigenvalue weighted by Gasteiger charge is 2.05. The molecule has 3 heteroatoms. The molecule has 0 aliphatic carbocycles. The fraction of sp³-hybridized carbons (Fsp3) is 0.500. The minimum atomic E-state index is -1.49. The molecule has 0 N–H and O–H groups in total. The molecular weight excluding hydrogens is 123 g/mol. The van der Waals surface area contributed by atoms with Crippen LogP contribution in [0.3, 0.4) is 0 Å². The van der Waals surface area contributed by atoms with Gasteiger partial charge in [0.1, 0.15) is 0 Å². The van der Waals surface area contributed by atoms with E-state index in [1.54, 1.807) is 6.92 Å². The number of hydrogen-bond acceptors (Lipinski definition) is 2. The number of alkyl halides is 1. The zero-order valence-corrected chi connectivity index (χ0v) is 5.26. The van der Waals surface area contributed by atoms with Crippen LogP contribution in [0, 0.1) is 0 Å². The second-order valence-electron chi connectivity index (χ2n) is 1.46. The molecule has 0 aromatic carbocycles. The fourth-order valence-corrected chi connectivity index (χ4v) is 0.257. The Morgan fingerprint density at radius 1 is 2.00 bits per heavy atom. The van der Waals surface area contributed by atoms with Crippen molar-refractivity contribution in [1.29, 1.82) is 0 Å². The van der Waals surface area contributed by atoms with E-state index in [9.17, 15) is 9.18 Å². The number of halogens is 1. The maximum Gasteiger partial charge on any atom is 0.332 e. The minimum Gasteiger partial charge on any atom is -0.428 e. The summed E-state index contributed by atoms with van der Waals surface area (Å²) in [5.74, 6) is -0.718. The molecule has 0 radical (unpaired) electrons. The van der Waals surface area contributed by atoms with Crippen molar-refractivity contribution in [1.82, 2.24) is 0 Å². The first-order chi connectivity index (χ1) is 4.20. The first-order valence-corrected chi connectivity index (χ1v) is 2.67. The Bertz CT molecular complexity index is 112. The van der Waals surface area contributed by atoms with E-state index in [4.69, 9.17) is 0 Å². The van der Waals surface area contributed by atoms with Gasteiger partial charge in [-0.1, -0.05) is 13.5 Å². The van der Waals surface area contributed by atoms with E-state index in [2.05, 4.69) is 11.3 Å². The molecule has 0 aromatic heterocycles. The second-order valence-corrected chi connectivity index (χ2v) is 1.46. The van der Waals surface area contributed by atoms with Gasteiger partial charge in [-0.2, -0.15) is 0 Å². The molecule has 52 valence electrons. The van der Waals surface area contributed by atoms with Gasteiger partial charge in [-0.25, -0.2) is 9.18 Å². The topological polar surface area (TPSA) is 26.3 Å². The lowest BCUT2D eigenvalue weighted by atomic mass is 10.5. The average Bonchev–Trinajstić information content (AvgIpc) is 1.87. The molecule has 0 bridgehead atoms. The molecule has 0 rings (SSSR count). The summed E-state index contributed by atoms with van der Waals surface area (Å²) in [4.78, 5) is 10.2. The molecule has 0 saturated heterocycles. The molecule has 1 unspecified atom stereocenters. The summed E-state index contributed by atoms with van der Waals surface area (Å²) in [5, 5.41) is 0. The third-order valence-electron chi connectivity index (χ3n) is 0.732. The predicted octanol–water partition coefficient (Wildman–Crippen LogP) is 1.42. The largest absolute Gasteiger partial charge is 0.428 e. The highest BCUT2D eigenvalue weighted by molar-refractivity contribution is 5.81. The first-order valence-electron chi connectivity index (χ1n) is 2.67. The quantitative estimate of drug-likeness (QED) is 0.428. The van der Waals surface area contributed by atoms with Crippen molar-refractivity contribution in [3.05, 3.63) is 12.7 Å². The van der Waals surface area contributed by atoms with E-state index in [0.717, 1.165) is 6.08 Å². The zero-order valence-electron chi connectivity index (χ0n) is 5.26. The summed E-state index contributed by atoms with van der Waals surface area (Å²) in [5.41, 5.74) is 0. The number of carbonyl (C=O) groups is 1. The summed E-state index contributed by atoms with van der Waals surface area (Å²) < 4.78 is 16.2. The lowest BCUT2D eigenvalue weighted by Crippen LogP contribution is -2.09. The summed E-state index contributed by atoms with van der Waals surface area (Å²) >= 11 is 0. The Labute approximate surface area is 53.3 Å². The van der Waals surface area contributed by atoms with E-state index in [1.807, 2.05) is 0 Å². The smallest absolute Gasteiger partial charge is 0.332 e.